The molecule has 3 aromatic carbocycles. The van der Waals surface area contributed by atoms with E-state index in [9.17, 15) is 0 Å². The molecule has 36 heavy (non-hydrogen) atoms. The third-order valence-corrected chi connectivity index (χ3v) is 6.72. The van der Waals surface area contributed by atoms with Gasteiger partial charge in [0.15, 0.2) is 0 Å². The quantitative estimate of drug-likeness (QED) is 0.281. The Kier molecular flexibility index (Phi) is 4.64. The summed E-state index contributed by atoms with van der Waals surface area (Å²) in [5.74, 6) is 2.45. The van der Waals surface area contributed by atoms with Crippen molar-refractivity contribution in [3.63, 3.8) is 0 Å². The number of pyridine rings is 2. The van der Waals surface area contributed by atoms with Crippen LogP contribution in [0.4, 0.5) is 17.1 Å². The number of benzene rings is 3. The molecule has 1 aliphatic heterocycles. The van der Waals surface area contributed by atoms with Crippen LogP contribution in [0.25, 0.3) is 27.6 Å². The molecule has 0 unspecified atom stereocenters. The Morgan fingerprint density at radius 3 is 2.50 bits per heavy atom. The number of fused-ring (bicyclic) bond motifs is 4. The van der Waals surface area contributed by atoms with Gasteiger partial charge in [-0.05, 0) is 48.5 Å². The Labute approximate surface area is 208 Å². The number of ether oxygens (including phenoxy) is 1. The van der Waals surface area contributed by atoms with E-state index in [4.69, 9.17) is 4.74 Å². The highest BCUT2D eigenvalue weighted by Gasteiger charge is 2.24. The van der Waals surface area contributed by atoms with E-state index < -0.39 is 0 Å². The second-order valence-corrected chi connectivity index (χ2v) is 8.95. The van der Waals surface area contributed by atoms with E-state index >= 15 is 0 Å². The summed E-state index contributed by atoms with van der Waals surface area (Å²) in [7, 11) is 2.08. The first-order valence-electron chi connectivity index (χ1n) is 11.9. The van der Waals surface area contributed by atoms with Gasteiger partial charge >= 0.3 is 0 Å². The number of para-hydroxylation sites is 1. The smallest absolute Gasteiger partial charge is 0.137 e. The number of nitrogens with zero attached hydrogens (tertiary/aromatic N) is 5. The predicted octanol–water partition coefficient (Wildman–Crippen LogP) is 6.91. The van der Waals surface area contributed by atoms with E-state index in [-0.39, 0.29) is 0 Å². The molecule has 0 amide bonds. The van der Waals surface area contributed by atoms with Crippen LogP contribution < -0.4 is 14.5 Å². The standard InChI is InChI=1S/C30H23N5O/c1-33-20-34(27-14-16-31-19-29(27)33)21-7-6-8-22(17-21)36-23-12-13-25-24-9-2-3-10-26(24)35(28(25)18-23)30-11-4-5-15-32-30/h2-19H,20H2,1H3. The average molecular weight is 470 g/mol. The monoisotopic (exact) mass is 469 g/mol. The van der Waals surface area contributed by atoms with E-state index in [1.807, 2.05) is 55.0 Å². The summed E-state index contributed by atoms with van der Waals surface area (Å²) in [4.78, 5) is 13.4. The molecular weight excluding hydrogens is 446 g/mol. The minimum absolute atomic E-state index is 0.765. The molecule has 0 saturated carbocycles. The van der Waals surface area contributed by atoms with E-state index in [0.717, 1.165) is 52.1 Å². The molecular formula is C30H23N5O. The SMILES string of the molecule is CN1CN(c2cccc(Oc3ccc4c5ccccc5n(-c5ccccn5)c4c3)c2)c2ccncc21. The van der Waals surface area contributed by atoms with Crippen LogP contribution in [-0.4, -0.2) is 28.3 Å². The van der Waals surface area contributed by atoms with Crippen molar-refractivity contribution < 1.29 is 4.74 Å². The molecule has 0 atom stereocenters. The molecule has 6 aromatic rings. The fourth-order valence-corrected chi connectivity index (χ4v) is 5.08. The van der Waals surface area contributed by atoms with Gasteiger partial charge in [-0.1, -0.05) is 30.3 Å². The lowest BCUT2D eigenvalue weighted by atomic mass is 10.1. The number of hydrogen-bond acceptors (Lipinski definition) is 5. The molecule has 0 N–H and O–H groups in total. The fraction of sp³-hybridized carbons (Fsp3) is 0.0667. The van der Waals surface area contributed by atoms with Gasteiger partial charge in [0.05, 0.1) is 35.3 Å². The van der Waals surface area contributed by atoms with Crippen LogP contribution in [0.3, 0.4) is 0 Å². The van der Waals surface area contributed by atoms with Gasteiger partial charge in [-0.2, -0.15) is 0 Å². The summed E-state index contributed by atoms with van der Waals surface area (Å²) < 4.78 is 8.60. The third-order valence-electron chi connectivity index (χ3n) is 6.72. The highest BCUT2D eigenvalue weighted by Crippen LogP contribution is 2.40. The zero-order valence-electron chi connectivity index (χ0n) is 19.7. The van der Waals surface area contributed by atoms with Gasteiger partial charge < -0.3 is 14.5 Å². The molecule has 7 rings (SSSR count). The van der Waals surface area contributed by atoms with E-state index in [2.05, 4.69) is 86.0 Å². The minimum Gasteiger partial charge on any atom is -0.457 e. The van der Waals surface area contributed by atoms with Gasteiger partial charge in [0.25, 0.3) is 0 Å². The Morgan fingerprint density at radius 2 is 1.58 bits per heavy atom. The maximum absolute atomic E-state index is 6.40. The molecule has 3 aromatic heterocycles. The second kappa shape index (κ2) is 8.13. The third kappa shape index (κ3) is 3.26. The first-order chi connectivity index (χ1) is 17.8. The van der Waals surface area contributed by atoms with Crippen LogP contribution >= 0.6 is 0 Å². The lowest BCUT2D eigenvalue weighted by Gasteiger charge is -2.20. The molecule has 0 radical (unpaired) electrons. The Balaban J connectivity index is 1.29. The van der Waals surface area contributed by atoms with Crippen LogP contribution in [0.2, 0.25) is 0 Å². The van der Waals surface area contributed by atoms with Gasteiger partial charge in [0.1, 0.15) is 17.3 Å². The summed E-state index contributed by atoms with van der Waals surface area (Å²) in [6.45, 7) is 0.765. The Morgan fingerprint density at radius 1 is 0.722 bits per heavy atom. The number of hydrogen-bond donors (Lipinski definition) is 0. The van der Waals surface area contributed by atoms with Crippen LogP contribution in [0, 0.1) is 0 Å². The highest BCUT2D eigenvalue weighted by atomic mass is 16.5. The Bertz CT molecular complexity index is 1730. The largest absolute Gasteiger partial charge is 0.457 e. The number of anilines is 3. The summed E-state index contributed by atoms with van der Waals surface area (Å²) in [6, 6.07) is 31.0. The zero-order valence-corrected chi connectivity index (χ0v) is 19.7. The predicted molar refractivity (Wildman–Crippen MR) is 145 cm³/mol. The lowest BCUT2D eigenvalue weighted by molar-refractivity contribution is 0.483. The Hall–Kier alpha value is -4.84. The van der Waals surface area contributed by atoms with Crippen molar-refractivity contribution in [2.45, 2.75) is 0 Å². The summed E-state index contributed by atoms with van der Waals surface area (Å²) >= 11 is 0. The molecule has 0 bridgehead atoms. The van der Waals surface area contributed by atoms with E-state index in [0.29, 0.717) is 0 Å². The van der Waals surface area contributed by atoms with Crippen molar-refractivity contribution in [2.75, 3.05) is 23.5 Å². The van der Waals surface area contributed by atoms with Gasteiger partial charge in [0.2, 0.25) is 0 Å². The molecule has 0 fully saturated rings. The van der Waals surface area contributed by atoms with Gasteiger partial charge in [0, 0.05) is 48.0 Å². The van der Waals surface area contributed by atoms with E-state index in [1.54, 1.807) is 0 Å². The number of aromatic nitrogens is 3. The summed E-state index contributed by atoms with van der Waals surface area (Å²) in [5.41, 5.74) is 5.53. The van der Waals surface area contributed by atoms with Crippen molar-refractivity contribution in [2.24, 2.45) is 0 Å². The number of rotatable bonds is 4. The van der Waals surface area contributed by atoms with Crippen molar-refractivity contribution in [1.29, 1.82) is 0 Å². The molecule has 4 heterocycles. The zero-order chi connectivity index (χ0) is 24.1. The molecule has 0 saturated heterocycles. The molecule has 0 spiro atoms. The normalized spacial score (nSPS) is 12.9. The maximum atomic E-state index is 6.40. The summed E-state index contributed by atoms with van der Waals surface area (Å²) in [5, 5.41) is 2.36. The summed E-state index contributed by atoms with van der Waals surface area (Å²) in [6.07, 6.45) is 5.57. The average Bonchev–Trinajstić information content (AvgIpc) is 3.44. The van der Waals surface area contributed by atoms with Crippen LogP contribution in [0.1, 0.15) is 0 Å². The molecule has 1 aliphatic rings. The van der Waals surface area contributed by atoms with Crippen molar-refractivity contribution in [1.82, 2.24) is 14.5 Å². The first-order valence-corrected chi connectivity index (χ1v) is 11.9. The maximum Gasteiger partial charge on any atom is 0.137 e. The lowest BCUT2D eigenvalue weighted by Crippen LogP contribution is -2.23. The second-order valence-electron chi connectivity index (χ2n) is 8.95. The highest BCUT2D eigenvalue weighted by molar-refractivity contribution is 6.09. The van der Waals surface area contributed by atoms with Crippen LogP contribution in [-0.2, 0) is 0 Å². The van der Waals surface area contributed by atoms with Gasteiger partial charge in [-0.25, -0.2) is 4.98 Å². The van der Waals surface area contributed by atoms with Crippen LogP contribution in [0.5, 0.6) is 11.5 Å². The molecule has 6 heteroatoms. The molecule has 6 nitrogen and oxygen atoms in total. The van der Waals surface area contributed by atoms with Gasteiger partial charge in [-0.3, -0.25) is 9.55 Å². The van der Waals surface area contributed by atoms with Crippen molar-refractivity contribution >= 4 is 38.9 Å². The molecule has 0 aliphatic carbocycles. The van der Waals surface area contributed by atoms with Gasteiger partial charge in [-0.15, -0.1) is 0 Å². The topological polar surface area (TPSA) is 46.4 Å². The van der Waals surface area contributed by atoms with E-state index in [1.165, 1.54) is 10.8 Å². The fourth-order valence-electron chi connectivity index (χ4n) is 5.08. The van der Waals surface area contributed by atoms with Crippen molar-refractivity contribution in [3.8, 4) is 17.3 Å². The van der Waals surface area contributed by atoms with Crippen molar-refractivity contribution in [3.05, 3.63) is 110 Å². The van der Waals surface area contributed by atoms with Crippen LogP contribution in [0.15, 0.2) is 110 Å². The minimum atomic E-state index is 0.765. The first kappa shape index (κ1) is 20.5. The molecule has 174 valence electrons.